The Balaban J connectivity index is 2.31. The number of primary amides is 1. The zero-order valence-corrected chi connectivity index (χ0v) is 11.3. The Morgan fingerprint density at radius 3 is 2.70 bits per heavy atom. The molecule has 2 rings (SSSR count). The van der Waals surface area contributed by atoms with Gasteiger partial charge in [0.05, 0.1) is 12.7 Å². The van der Waals surface area contributed by atoms with Crippen LogP contribution in [-0.4, -0.2) is 18.0 Å². The van der Waals surface area contributed by atoms with Crippen molar-refractivity contribution < 1.29 is 9.53 Å². The summed E-state index contributed by atoms with van der Waals surface area (Å²) in [6.45, 7) is 1.96. The summed E-state index contributed by atoms with van der Waals surface area (Å²) in [4.78, 5) is 15.0. The first-order valence-corrected chi connectivity index (χ1v) is 6.01. The van der Waals surface area contributed by atoms with Gasteiger partial charge in [-0.25, -0.2) is 0 Å². The van der Waals surface area contributed by atoms with Crippen molar-refractivity contribution in [2.24, 2.45) is 5.73 Å². The van der Waals surface area contributed by atoms with E-state index in [9.17, 15) is 4.79 Å². The molecule has 2 N–H and O–H groups in total. The summed E-state index contributed by atoms with van der Waals surface area (Å²) in [6, 6.07) is 7.30. The lowest BCUT2D eigenvalue weighted by Gasteiger charge is -2.02. The maximum Gasteiger partial charge on any atom is 0.250 e. The lowest BCUT2D eigenvalue weighted by Crippen LogP contribution is -2.11. The molecule has 0 bridgehead atoms. The highest BCUT2D eigenvalue weighted by atomic mass is 16.5. The van der Waals surface area contributed by atoms with Gasteiger partial charge in [-0.05, 0) is 36.8 Å². The average molecular weight is 266 g/mol. The van der Waals surface area contributed by atoms with Gasteiger partial charge < -0.3 is 10.5 Å². The van der Waals surface area contributed by atoms with Crippen LogP contribution >= 0.6 is 0 Å². The predicted molar refractivity (Wildman–Crippen MR) is 76.5 cm³/mol. The van der Waals surface area contributed by atoms with E-state index in [0.717, 1.165) is 16.9 Å². The molecule has 20 heavy (non-hydrogen) atoms. The van der Waals surface area contributed by atoms with E-state index < -0.39 is 5.91 Å². The van der Waals surface area contributed by atoms with E-state index in [0.29, 0.717) is 11.1 Å². The molecule has 1 heterocycles. The number of ether oxygens (including phenoxy) is 1. The minimum atomic E-state index is -0.512. The third kappa shape index (κ3) is 3.15. The molecule has 0 atom stereocenters. The fourth-order valence-electron chi connectivity index (χ4n) is 1.69. The molecule has 0 fully saturated rings. The standard InChI is InChI=1S/C16H14N2O2/c1-11-7-15(20-2)6-5-13(11)4-3-12-8-14(16(17)19)10-18-9-12/h5-10H,1-2H3,(H2,17,19). The Morgan fingerprint density at radius 2 is 2.05 bits per heavy atom. The van der Waals surface area contributed by atoms with Crippen LogP contribution in [0.3, 0.4) is 0 Å². The smallest absolute Gasteiger partial charge is 0.250 e. The molecule has 0 aliphatic heterocycles. The summed E-state index contributed by atoms with van der Waals surface area (Å²) in [5.74, 6) is 6.31. The van der Waals surface area contributed by atoms with Gasteiger partial charge in [-0.3, -0.25) is 9.78 Å². The monoisotopic (exact) mass is 266 g/mol. The fraction of sp³-hybridized carbons (Fsp3) is 0.125. The number of carbonyl (C=O) groups is 1. The third-order valence-electron chi connectivity index (χ3n) is 2.80. The van der Waals surface area contributed by atoms with Crippen LogP contribution in [0.5, 0.6) is 5.75 Å². The lowest BCUT2D eigenvalue weighted by atomic mass is 10.1. The van der Waals surface area contributed by atoms with E-state index in [1.807, 2.05) is 25.1 Å². The zero-order valence-electron chi connectivity index (χ0n) is 11.3. The first-order valence-electron chi connectivity index (χ1n) is 6.01. The lowest BCUT2D eigenvalue weighted by molar-refractivity contribution is 0.1000. The summed E-state index contributed by atoms with van der Waals surface area (Å²) in [5.41, 5.74) is 8.13. The summed E-state index contributed by atoms with van der Waals surface area (Å²) in [6.07, 6.45) is 3.02. The second-order valence-electron chi connectivity index (χ2n) is 4.26. The van der Waals surface area contributed by atoms with E-state index >= 15 is 0 Å². The first-order chi connectivity index (χ1) is 9.60. The SMILES string of the molecule is COc1ccc(C#Cc2cncc(C(N)=O)c2)c(C)c1. The molecule has 100 valence electrons. The van der Waals surface area contributed by atoms with Crippen molar-refractivity contribution in [3.05, 3.63) is 58.9 Å². The van der Waals surface area contributed by atoms with Crippen LogP contribution in [0.4, 0.5) is 0 Å². The molecule has 0 saturated heterocycles. The molecule has 0 radical (unpaired) electrons. The Bertz CT molecular complexity index is 712. The Kier molecular flexibility index (Phi) is 4.02. The number of carbonyl (C=O) groups excluding carboxylic acids is 1. The van der Waals surface area contributed by atoms with Crippen molar-refractivity contribution >= 4 is 5.91 Å². The molecule has 0 aliphatic carbocycles. The number of aromatic nitrogens is 1. The van der Waals surface area contributed by atoms with E-state index in [-0.39, 0.29) is 0 Å². The molecule has 1 amide bonds. The summed E-state index contributed by atoms with van der Waals surface area (Å²) in [7, 11) is 1.63. The highest BCUT2D eigenvalue weighted by Gasteiger charge is 2.01. The number of aryl methyl sites for hydroxylation is 1. The first kappa shape index (κ1) is 13.6. The van der Waals surface area contributed by atoms with Gasteiger partial charge in [-0.2, -0.15) is 0 Å². The summed E-state index contributed by atoms with van der Waals surface area (Å²) < 4.78 is 5.15. The van der Waals surface area contributed by atoms with Crippen LogP contribution < -0.4 is 10.5 Å². The molecule has 2 aromatic rings. The van der Waals surface area contributed by atoms with Crippen LogP contribution in [0.15, 0.2) is 36.7 Å². The van der Waals surface area contributed by atoms with Crippen LogP contribution in [0.1, 0.15) is 27.0 Å². The molecule has 1 aromatic carbocycles. The topological polar surface area (TPSA) is 65.2 Å². The van der Waals surface area contributed by atoms with Crippen LogP contribution in [0.25, 0.3) is 0 Å². The fourth-order valence-corrected chi connectivity index (χ4v) is 1.69. The predicted octanol–water partition coefficient (Wildman–Crippen LogP) is 1.90. The quantitative estimate of drug-likeness (QED) is 0.844. The van der Waals surface area contributed by atoms with Gasteiger partial charge in [0.15, 0.2) is 0 Å². The number of amides is 1. The number of pyridine rings is 1. The molecular formula is C16H14N2O2. The van der Waals surface area contributed by atoms with E-state index in [2.05, 4.69) is 16.8 Å². The second-order valence-corrected chi connectivity index (χ2v) is 4.26. The van der Waals surface area contributed by atoms with Crippen LogP contribution in [-0.2, 0) is 0 Å². The van der Waals surface area contributed by atoms with E-state index in [4.69, 9.17) is 10.5 Å². The third-order valence-corrected chi connectivity index (χ3v) is 2.80. The average Bonchev–Trinajstić information content (AvgIpc) is 2.46. The van der Waals surface area contributed by atoms with E-state index in [1.165, 1.54) is 6.20 Å². The molecule has 1 aromatic heterocycles. The van der Waals surface area contributed by atoms with Crippen LogP contribution in [0, 0.1) is 18.8 Å². The van der Waals surface area contributed by atoms with Gasteiger partial charge in [0.1, 0.15) is 5.75 Å². The van der Waals surface area contributed by atoms with Crippen molar-refractivity contribution in [3.63, 3.8) is 0 Å². The van der Waals surface area contributed by atoms with E-state index in [1.54, 1.807) is 19.4 Å². The molecule has 0 spiro atoms. The largest absolute Gasteiger partial charge is 0.497 e. The molecule has 0 unspecified atom stereocenters. The second kappa shape index (κ2) is 5.89. The number of nitrogens with zero attached hydrogens (tertiary/aromatic N) is 1. The molecular weight excluding hydrogens is 252 g/mol. The van der Waals surface area contributed by atoms with Crippen molar-refractivity contribution in [1.82, 2.24) is 4.98 Å². The summed E-state index contributed by atoms with van der Waals surface area (Å²) >= 11 is 0. The normalized spacial score (nSPS) is 9.50. The maximum absolute atomic E-state index is 11.1. The van der Waals surface area contributed by atoms with Crippen LogP contribution in [0.2, 0.25) is 0 Å². The minimum Gasteiger partial charge on any atom is -0.497 e. The number of hydrogen-bond donors (Lipinski definition) is 1. The number of benzene rings is 1. The molecule has 0 saturated carbocycles. The summed E-state index contributed by atoms with van der Waals surface area (Å²) in [5, 5.41) is 0. The maximum atomic E-state index is 11.1. The van der Waals surface area contributed by atoms with Gasteiger partial charge in [-0.15, -0.1) is 0 Å². The Hall–Kier alpha value is -2.80. The number of methoxy groups -OCH3 is 1. The highest BCUT2D eigenvalue weighted by molar-refractivity contribution is 5.92. The highest BCUT2D eigenvalue weighted by Crippen LogP contribution is 2.16. The van der Waals surface area contributed by atoms with Gasteiger partial charge in [0.2, 0.25) is 5.91 Å². The molecule has 4 heteroatoms. The van der Waals surface area contributed by atoms with Gasteiger partial charge >= 0.3 is 0 Å². The number of nitrogens with two attached hydrogens (primary N) is 1. The minimum absolute atomic E-state index is 0.350. The zero-order chi connectivity index (χ0) is 14.5. The molecule has 0 aliphatic rings. The van der Waals surface area contributed by atoms with Gasteiger partial charge in [0.25, 0.3) is 0 Å². The number of rotatable bonds is 2. The number of hydrogen-bond acceptors (Lipinski definition) is 3. The Morgan fingerprint density at radius 1 is 1.25 bits per heavy atom. The van der Waals surface area contributed by atoms with Crippen molar-refractivity contribution in [3.8, 4) is 17.6 Å². The van der Waals surface area contributed by atoms with Crippen molar-refractivity contribution in [1.29, 1.82) is 0 Å². The van der Waals surface area contributed by atoms with Gasteiger partial charge in [0, 0.05) is 23.5 Å². The van der Waals surface area contributed by atoms with Gasteiger partial charge in [-0.1, -0.05) is 11.8 Å². The molecule has 4 nitrogen and oxygen atoms in total. The van der Waals surface area contributed by atoms with Crippen molar-refractivity contribution in [2.75, 3.05) is 7.11 Å². The van der Waals surface area contributed by atoms with Crippen molar-refractivity contribution in [2.45, 2.75) is 6.92 Å². The Labute approximate surface area is 117 Å².